The number of carbonyl (C=O) groups is 2. The van der Waals surface area contributed by atoms with Gasteiger partial charge in [0, 0.05) is 30.4 Å². The first-order chi connectivity index (χ1) is 15.4. The molecule has 1 N–H and O–H groups in total. The van der Waals surface area contributed by atoms with Crippen molar-refractivity contribution in [3.8, 4) is 0 Å². The third kappa shape index (κ3) is 6.20. The van der Waals surface area contributed by atoms with Crippen LogP contribution in [-0.2, 0) is 13.1 Å². The maximum absolute atomic E-state index is 13.1. The normalized spacial score (nSPS) is 11.0. The second-order valence-corrected chi connectivity index (χ2v) is 9.41. The molecule has 0 fully saturated rings. The van der Waals surface area contributed by atoms with E-state index in [0.29, 0.717) is 48.4 Å². The molecule has 0 saturated heterocycles. The Balaban J connectivity index is 1.71. The Morgan fingerprint density at radius 3 is 2.72 bits per heavy atom. The fraction of sp³-hybridized carbons (Fsp3) is 0.375. The van der Waals surface area contributed by atoms with Crippen molar-refractivity contribution in [1.82, 2.24) is 19.8 Å². The van der Waals surface area contributed by atoms with E-state index in [0.717, 1.165) is 17.1 Å². The number of carbonyl (C=O) groups excluding carboxylic acids is 2. The molecule has 3 aromatic rings. The summed E-state index contributed by atoms with van der Waals surface area (Å²) in [7, 11) is 0. The molecule has 8 heteroatoms. The number of aromatic nitrogens is 2. The summed E-state index contributed by atoms with van der Waals surface area (Å²) in [5, 5.41) is 5.99. The number of halogens is 1. The van der Waals surface area contributed by atoms with Crippen LogP contribution in [0.2, 0.25) is 5.02 Å². The van der Waals surface area contributed by atoms with Gasteiger partial charge in [-0.2, -0.15) is 0 Å². The highest BCUT2D eigenvalue weighted by Gasteiger charge is 2.19. The molecule has 0 spiro atoms. The van der Waals surface area contributed by atoms with E-state index < -0.39 is 0 Å². The number of nitrogens with one attached hydrogen (secondary N) is 1. The monoisotopic (exact) mass is 472 g/mol. The predicted molar refractivity (Wildman–Crippen MR) is 129 cm³/mol. The molecule has 2 aromatic heterocycles. The number of nitrogens with zero attached hydrogens (tertiary/aromatic N) is 3. The van der Waals surface area contributed by atoms with Crippen LogP contribution in [0.1, 0.15) is 58.7 Å². The van der Waals surface area contributed by atoms with Crippen molar-refractivity contribution in [2.75, 3.05) is 13.1 Å². The molecular weight excluding hydrogens is 444 g/mol. The summed E-state index contributed by atoms with van der Waals surface area (Å²) in [5.41, 5.74) is 1.96. The highest BCUT2D eigenvalue weighted by atomic mass is 35.5. The van der Waals surface area contributed by atoms with Gasteiger partial charge in [-0.1, -0.05) is 44.5 Å². The van der Waals surface area contributed by atoms with E-state index in [1.54, 1.807) is 17.5 Å². The molecule has 0 atom stereocenters. The molecule has 170 valence electrons. The van der Waals surface area contributed by atoms with Crippen LogP contribution in [0.4, 0.5) is 0 Å². The molecule has 32 heavy (non-hydrogen) atoms. The summed E-state index contributed by atoms with van der Waals surface area (Å²) in [4.78, 5) is 31.7. The Bertz CT molecular complexity index is 1060. The number of thiazole rings is 1. The third-order valence-corrected chi connectivity index (χ3v) is 6.09. The van der Waals surface area contributed by atoms with Crippen LogP contribution in [0.5, 0.6) is 0 Å². The summed E-state index contributed by atoms with van der Waals surface area (Å²) in [6.45, 7) is 8.43. The van der Waals surface area contributed by atoms with Gasteiger partial charge in [0.2, 0.25) is 0 Å². The highest BCUT2D eigenvalue weighted by Crippen LogP contribution is 2.20. The molecule has 0 radical (unpaired) electrons. The van der Waals surface area contributed by atoms with E-state index >= 15 is 0 Å². The molecule has 0 aliphatic heterocycles. The molecule has 0 bridgehead atoms. The number of hydrogen-bond acceptors (Lipinski definition) is 4. The average Bonchev–Trinajstić information content (AvgIpc) is 3.41. The van der Waals surface area contributed by atoms with Crippen LogP contribution in [0.3, 0.4) is 0 Å². The van der Waals surface area contributed by atoms with Crippen LogP contribution in [0, 0.1) is 5.92 Å². The molecule has 0 aliphatic carbocycles. The van der Waals surface area contributed by atoms with Gasteiger partial charge in [-0.15, -0.1) is 11.3 Å². The van der Waals surface area contributed by atoms with Gasteiger partial charge >= 0.3 is 0 Å². The number of rotatable bonds is 10. The standard InChI is InChI=1S/C24H29ClN4O2S/c1-4-11-29(24(31)19-9-5-6-10-20(19)25)14-18-8-7-12-28(18)15-22-27-21(16-32-22)23(30)26-13-17(2)3/h5-10,12,16-17H,4,11,13-15H2,1-3H3,(H,26,30). The number of amides is 2. The maximum Gasteiger partial charge on any atom is 0.270 e. The van der Waals surface area contributed by atoms with E-state index in [2.05, 4.69) is 28.7 Å². The van der Waals surface area contributed by atoms with Gasteiger partial charge in [-0.3, -0.25) is 9.59 Å². The first-order valence-electron chi connectivity index (χ1n) is 10.8. The molecule has 6 nitrogen and oxygen atoms in total. The minimum absolute atomic E-state index is 0.0800. The van der Waals surface area contributed by atoms with Crippen molar-refractivity contribution >= 4 is 34.8 Å². The van der Waals surface area contributed by atoms with Gasteiger partial charge in [-0.05, 0) is 36.6 Å². The Hall–Kier alpha value is -2.64. The zero-order valence-corrected chi connectivity index (χ0v) is 20.2. The Kier molecular flexibility index (Phi) is 8.47. The van der Waals surface area contributed by atoms with Crippen LogP contribution >= 0.6 is 22.9 Å². The molecule has 2 amide bonds. The van der Waals surface area contributed by atoms with Gasteiger partial charge in [0.05, 0.1) is 23.7 Å². The van der Waals surface area contributed by atoms with Crippen LogP contribution < -0.4 is 5.32 Å². The summed E-state index contributed by atoms with van der Waals surface area (Å²) >= 11 is 7.72. The Labute approximate surface area is 198 Å². The zero-order chi connectivity index (χ0) is 23.1. The summed E-state index contributed by atoms with van der Waals surface area (Å²) in [6.07, 6.45) is 2.82. The second kappa shape index (κ2) is 11.3. The molecule has 3 rings (SSSR count). The van der Waals surface area contributed by atoms with Crippen LogP contribution in [0.25, 0.3) is 0 Å². The van der Waals surface area contributed by atoms with E-state index in [-0.39, 0.29) is 11.8 Å². The maximum atomic E-state index is 13.1. The van der Waals surface area contributed by atoms with E-state index in [1.165, 1.54) is 11.3 Å². The molecular formula is C24H29ClN4O2S. The minimum atomic E-state index is -0.145. The predicted octanol–water partition coefficient (Wildman–Crippen LogP) is 5.08. The third-order valence-electron chi connectivity index (χ3n) is 4.92. The van der Waals surface area contributed by atoms with Gasteiger partial charge in [0.1, 0.15) is 10.7 Å². The highest BCUT2D eigenvalue weighted by molar-refractivity contribution is 7.09. The van der Waals surface area contributed by atoms with E-state index in [4.69, 9.17) is 11.6 Å². The Morgan fingerprint density at radius 1 is 1.22 bits per heavy atom. The van der Waals surface area contributed by atoms with Crippen molar-refractivity contribution in [2.45, 2.75) is 40.3 Å². The topological polar surface area (TPSA) is 67.2 Å². The Morgan fingerprint density at radius 2 is 2.00 bits per heavy atom. The van der Waals surface area contributed by atoms with E-state index in [9.17, 15) is 9.59 Å². The van der Waals surface area contributed by atoms with Crippen molar-refractivity contribution < 1.29 is 9.59 Å². The SMILES string of the molecule is CCCN(Cc1cccn1Cc1nc(C(=O)NCC(C)C)cs1)C(=O)c1ccccc1Cl. The summed E-state index contributed by atoms with van der Waals surface area (Å²) < 4.78 is 2.07. The first-order valence-corrected chi connectivity index (χ1v) is 12.0. The lowest BCUT2D eigenvalue weighted by atomic mass is 10.2. The van der Waals surface area contributed by atoms with Gasteiger partial charge in [0.25, 0.3) is 11.8 Å². The summed E-state index contributed by atoms with van der Waals surface area (Å²) in [5.74, 6) is 0.163. The average molecular weight is 473 g/mol. The zero-order valence-electron chi connectivity index (χ0n) is 18.7. The molecule has 0 aliphatic rings. The fourth-order valence-corrected chi connectivity index (χ4v) is 4.28. The lowest BCUT2D eigenvalue weighted by Crippen LogP contribution is -2.32. The van der Waals surface area contributed by atoms with Crippen LogP contribution in [0.15, 0.2) is 48.0 Å². The summed E-state index contributed by atoms with van der Waals surface area (Å²) in [6, 6.07) is 11.1. The smallest absolute Gasteiger partial charge is 0.270 e. The van der Waals surface area contributed by atoms with E-state index in [1.807, 2.05) is 42.3 Å². The number of benzene rings is 1. The molecule has 1 aromatic carbocycles. The molecule has 0 saturated carbocycles. The van der Waals surface area contributed by atoms with Crippen molar-refractivity contribution in [1.29, 1.82) is 0 Å². The quantitative estimate of drug-likeness (QED) is 0.447. The van der Waals surface area contributed by atoms with Crippen molar-refractivity contribution in [2.24, 2.45) is 5.92 Å². The van der Waals surface area contributed by atoms with Crippen molar-refractivity contribution in [3.63, 3.8) is 0 Å². The second-order valence-electron chi connectivity index (χ2n) is 8.06. The fourth-order valence-electron chi connectivity index (χ4n) is 3.29. The van der Waals surface area contributed by atoms with Gasteiger partial charge in [0.15, 0.2) is 0 Å². The lowest BCUT2D eigenvalue weighted by Gasteiger charge is -2.23. The number of hydrogen-bond donors (Lipinski definition) is 1. The lowest BCUT2D eigenvalue weighted by molar-refractivity contribution is 0.0739. The van der Waals surface area contributed by atoms with Crippen LogP contribution in [-0.4, -0.2) is 39.4 Å². The molecule has 2 heterocycles. The van der Waals surface area contributed by atoms with Gasteiger partial charge < -0.3 is 14.8 Å². The largest absolute Gasteiger partial charge is 0.350 e. The van der Waals surface area contributed by atoms with Crippen molar-refractivity contribution in [3.05, 3.63) is 75.0 Å². The van der Waals surface area contributed by atoms with Gasteiger partial charge in [-0.25, -0.2) is 4.98 Å². The minimum Gasteiger partial charge on any atom is -0.350 e. The first kappa shape index (κ1) is 24.0. The molecule has 0 unspecified atom stereocenters.